The van der Waals surface area contributed by atoms with E-state index in [1.54, 1.807) is 13.0 Å². The van der Waals surface area contributed by atoms with Gasteiger partial charge in [0.25, 0.3) is 0 Å². The van der Waals surface area contributed by atoms with E-state index in [4.69, 9.17) is 9.15 Å². The maximum Gasteiger partial charge on any atom is 0.341 e. The molecule has 0 radical (unpaired) electrons. The van der Waals surface area contributed by atoms with Gasteiger partial charge in [-0.15, -0.1) is 0 Å². The number of rotatable bonds is 7. The van der Waals surface area contributed by atoms with Gasteiger partial charge >= 0.3 is 11.9 Å². The van der Waals surface area contributed by atoms with Crippen LogP contribution in [-0.4, -0.2) is 44.1 Å². The number of hydrogen-bond donors (Lipinski definition) is 0. The second-order valence-corrected chi connectivity index (χ2v) is 4.04. The van der Waals surface area contributed by atoms with E-state index in [9.17, 15) is 9.59 Å². The van der Waals surface area contributed by atoms with Crippen molar-refractivity contribution in [3.63, 3.8) is 0 Å². The third kappa shape index (κ3) is 4.75. The van der Waals surface area contributed by atoms with Crippen LogP contribution in [-0.2, 0) is 20.8 Å². The van der Waals surface area contributed by atoms with E-state index in [2.05, 4.69) is 4.74 Å². The van der Waals surface area contributed by atoms with Gasteiger partial charge in [0.1, 0.15) is 11.3 Å². The lowest BCUT2D eigenvalue weighted by atomic mass is 10.2. The van der Waals surface area contributed by atoms with E-state index in [1.165, 1.54) is 13.4 Å². The topological polar surface area (TPSA) is 69.0 Å². The lowest BCUT2D eigenvalue weighted by molar-refractivity contribution is -0.140. The smallest absolute Gasteiger partial charge is 0.341 e. The molecular weight excluding hydrogens is 250 g/mol. The molecule has 6 heteroatoms. The SMILES string of the molecule is CCOC(=O)c1ccoc1CN(C)CCC(=O)OC. The number of hydrogen-bond acceptors (Lipinski definition) is 6. The lowest BCUT2D eigenvalue weighted by Crippen LogP contribution is -2.22. The van der Waals surface area contributed by atoms with Crippen molar-refractivity contribution >= 4 is 11.9 Å². The molecule has 19 heavy (non-hydrogen) atoms. The fraction of sp³-hybridized carbons (Fsp3) is 0.538. The molecule has 0 atom stereocenters. The molecule has 1 heterocycles. The number of ether oxygens (including phenoxy) is 2. The maximum absolute atomic E-state index is 11.6. The Labute approximate surface area is 112 Å². The number of nitrogens with zero attached hydrogens (tertiary/aromatic N) is 1. The third-order valence-corrected chi connectivity index (χ3v) is 2.58. The summed E-state index contributed by atoms with van der Waals surface area (Å²) < 4.78 is 14.8. The molecule has 0 saturated heterocycles. The molecule has 106 valence electrons. The zero-order valence-corrected chi connectivity index (χ0v) is 11.5. The molecule has 0 aliphatic rings. The summed E-state index contributed by atoms with van der Waals surface area (Å²) in [7, 11) is 3.19. The van der Waals surface area contributed by atoms with Crippen LogP contribution in [0.25, 0.3) is 0 Å². The van der Waals surface area contributed by atoms with E-state index in [0.29, 0.717) is 37.4 Å². The Balaban J connectivity index is 2.55. The van der Waals surface area contributed by atoms with Gasteiger partial charge in [-0.1, -0.05) is 0 Å². The molecule has 0 unspecified atom stereocenters. The molecule has 1 aromatic rings. The number of carbonyl (C=O) groups excluding carboxylic acids is 2. The van der Waals surface area contributed by atoms with Gasteiger partial charge < -0.3 is 13.9 Å². The Hall–Kier alpha value is -1.82. The molecule has 0 N–H and O–H groups in total. The van der Waals surface area contributed by atoms with Gasteiger partial charge in [0.05, 0.1) is 32.9 Å². The maximum atomic E-state index is 11.6. The molecule has 1 aromatic heterocycles. The summed E-state index contributed by atoms with van der Waals surface area (Å²) in [6.45, 7) is 3.02. The number of esters is 2. The Kier molecular flexibility index (Phi) is 6.08. The van der Waals surface area contributed by atoms with Crippen molar-refractivity contribution in [2.24, 2.45) is 0 Å². The molecule has 6 nitrogen and oxygen atoms in total. The summed E-state index contributed by atoms with van der Waals surface area (Å²) in [5.41, 5.74) is 0.423. The normalized spacial score (nSPS) is 10.5. The highest BCUT2D eigenvalue weighted by Crippen LogP contribution is 2.14. The molecule has 0 saturated carbocycles. The van der Waals surface area contributed by atoms with E-state index < -0.39 is 5.97 Å². The summed E-state index contributed by atoms with van der Waals surface area (Å²) in [4.78, 5) is 24.6. The second-order valence-electron chi connectivity index (χ2n) is 4.04. The van der Waals surface area contributed by atoms with E-state index in [0.717, 1.165) is 0 Å². The van der Waals surface area contributed by atoms with Crippen molar-refractivity contribution < 1.29 is 23.5 Å². The quantitative estimate of drug-likeness (QED) is 0.698. The first-order chi connectivity index (χ1) is 9.08. The van der Waals surface area contributed by atoms with Crippen LogP contribution in [0, 0.1) is 0 Å². The Morgan fingerprint density at radius 2 is 2.16 bits per heavy atom. The zero-order valence-electron chi connectivity index (χ0n) is 11.5. The predicted octanol–water partition coefficient (Wildman–Crippen LogP) is 1.45. The van der Waals surface area contributed by atoms with Gasteiger partial charge in [-0.25, -0.2) is 4.79 Å². The van der Waals surface area contributed by atoms with Crippen molar-refractivity contribution in [2.75, 3.05) is 27.3 Å². The highest BCUT2D eigenvalue weighted by Gasteiger charge is 2.17. The monoisotopic (exact) mass is 269 g/mol. The van der Waals surface area contributed by atoms with Crippen molar-refractivity contribution in [3.05, 3.63) is 23.7 Å². The van der Waals surface area contributed by atoms with Gasteiger partial charge in [0.15, 0.2) is 0 Å². The second kappa shape index (κ2) is 7.58. The molecule has 1 rings (SSSR count). The fourth-order valence-electron chi connectivity index (χ4n) is 1.56. The van der Waals surface area contributed by atoms with Crippen molar-refractivity contribution in [2.45, 2.75) is 19.9 Å². The summed E-state index contributed by atoms with van der Waals surface area (Å²) in [6, 6.07) is 1.58. The highest BCUT2D eigenvalue weighted by molar-refractivity contribution is 5.90. The molecule has 0 aromatic carbocycles. The van der Waals surface area contributed by atoms with Crippen LogP contribution >= 0.6 is 0 Å². The first-order valence-electron chi connectivity index (χ1n) is 6.07. The molecule has 0 bridgehead atoms. The highest BCUT2D eigenvalue weighted by atomic mass is 16.5. The Morgan fingerprint density at radius 1 is 1.42 bits per heavy atom. The molecule has 0 aliphatic carbocycles. The molecular formula is C13H19NO5. The minimum Gasteiger partial charge on any atom is -0.469 e. The average Bonchev–Trinajstić information content (AvgIpc) is 2.84. The van der Waals surface area contributed by atoms with Crippen molar-refractivity contribution in [1.29, 1.82) is 0 Å². The van der Waals surface area contributed by atoms with E-state index in [-0.39, 0.29) is 5.97 Å². The van der Waals surface area contributed by atoms with Gasteiger partial charge in [0.2, 0.25) is 0 Å². The fourth-order valence-corrected chi connectivity index (χ4v) is 1.56. The summed E-state index contributed by atoms with van der Waals surface area (Å²) in [5, 5.41) is 0. The minimum atomic E-state index is -0.396. The standard InChI is InChI=1S/C13H19NO5/c1-4-18-13(16)10-6-8-19-11(10)9-14(2)7-5-12(15)17-3/h6,8H,4-5,7,9H2,1-3H3. The average molecular weight is 269 g/mol. The Morgan fingerprint density at radius 3 is 2.79 bits per heavy atom. The first-order valence-corrected chi connectivity index (χ1v) is 6.07. The van der Waals surface area contributed by atoms with Gasteiger partial charge in [-0.05, 0) is 20.0 Å². The summed E-state index contributed by atoms with van der Waals surface area (Å²) >= 11 is 0. The number of carbonyl (C=O) groups is 2. The van der Waals surface area contributed by atoms with Crippen molar-refractivity contribution in [3.8, 4) is 0 Å². The number of methoxy groups -OCH3 is 1. The van der Waals surface area contributed by atoms with E-state index in [1.807, 2.05) is 11.9 Å². The zero-order chi connectivity index (χ0) is 14.3. The largest absolute Gasteiger partial charge is 0.469 e. The lowest BCUT2D eigenvalue weighted by Gasteiger charge is -2.14. The van der Waals surface area contributed by atoms with Gasteiger partial charge in [0, 0.05) is 6.54 Å². The van der Waals surface area contributed by atoms with Crippen LogP contribution in [0.4, 0.5) is 0 Å². The molecule has 0 fully saturated rings. The first kappa shape index (κ1) is 15.2. The molecule has 0 spiro atoms. The predicted molar refractivity (Wildman–Crippen MR) is 67.6 cm³/mol. The van der Waals surface area contributed by atoms with Gasteiger partial charge in [-0.2, -0.15) is 0 Å². The molecule has 0 amide bonds. The van der Waals surface area contributed by atoms with Crippen LogP contribution < -0.4 is 0 Å². The van der Waals surface area contributed by atoms with Crippen LogP contribution in [0.5, 0.6) is 0 Å². The van der Waals surface area contributed by atoms with Gasteiger partial charge in [-0.3, -0.25) is 9.69 Å². The van der Waals surface area contributed by atoms with Crippen LogP contribution in [0.2, 0.25) is 0 Å². The number of furan rings is 1. The van der Waals surface area contributed by atoms with Crippen LogP contribution in [0.3, 0.4) is 0 Å². The van der Waals surface area contributed by atoms with Crippen molar-refractivity contribution in [1.82, 2.24) is 4.90 Å². The summed E-state index contributed by atoms with van der Waals surface area (Å²) in [5.74, 6) is -0.129. The van der Waals surface area contributed by atoms with Crippen LogP contribution in [0.15, 0.2) is 16.7 Å². The van der Waals surface area contributed by atoms with Crippen LogP contribution in [0.1, 0.15) is 29.5 Å². The van der Waals surface area contributed by atoms with E-state index >= 15 is 0 Å². The summed E-state index contributed by atoms with van der Waals surface area (Å²) in [6.07, 6.45) is 1.75. The minimum absolute atomic E-state index is 0.267. The third-order valence-electron chi connectivity index (χ3n) is 2.58. The molecule has 0 aliphatic heterocycles. The Bertz CT molecular complexity index is 426.